The van der Waals surface area contributed by atoms with Gasteiger partial charge in [0.25, 0.3) is 0 Å². The van der Waals surface area contributed by atoms with Crippen molar-refractivity contribution in [3.05, 3.63) is 102 Å². The normalized spacial score (nSPS) is 18.2. The molecule has 1 aliphatic carbocycles. The number of benzene rings is 3. The molecule has 1 fully saturated rings. The van der Waals surface area contributed by atoms with Crippen LogP contribution in [0.1, 0.15) is 61.6 Å². The largest absolute Gasteiger partial charge is 0.489 e. The Balaban J connectivity index is 1.35. The van der Waals surface area contributed by atoms with Gasteiger partial charge in [-0.05, 0) is 78.3 Å². The summed E-state index contributed by atoms with van der Waals surface area (Å²) in [6, 6.07) is 19.2. The van der Waals surface area contributed by atoms with Crippen molar-refractivity contribution in [2.24, 2.45) is 5.92 Å². The maximum absolute atomic E-state index is 14.5. The lowest BCUT2D eigenvalue weighted by atomic mass is 9.79. The first-order chi connectivity index (χ1) is 16.1. The Morgan fingerprint density at radius 3 is 2.21 bits per heavy atom. The van der Waals surface area contributed by atoms with Crippen LogP contribution in [0.5, 0.6) is 5.75 Å². The van der Waals surface area contributed by atoms with Gasteiger partial charge in [0.05, 0.1) is 0 Å². The van der Waals surface area contributed by atoms with E-state index in [0.717, 1.165) is 12.0 Å². The Labute approximate surface area is 196 Å². The zero-order valence-corrected chi connectivity index (χ0v) is 19.3. The molecule has 0 heterocycles. The SMILES string of the molecule is C=CC1CCC(c2ccc(COc3ccc(-c4ccc(CCC)c(F)c4F)cc3)cc2)CC1. The predicted molar refractivity (Wildman–Crippen MR) is 131 cm³/mol. The van der Waals surface area contributed by atoms with E-state index in [0.29, 0.717) is 41.7 Å². The summed E-state index contributed by atoms with van der Waals surface area (Å²) in [6.07, 6.45) is 8.33. The minimum absolute atomic E-state index is 0.275. The van der Waals surface area contributed by atoms with E-state index in [-0.39, 0.29) is 5.56 Å². The molecule has 0 aromatic heterocycles. The van der Waals surface area contributed by atoms with Gasteiger partial charge in [-0.3, -0.25) is 0 Å². The maximum Gasteiger partial charge on any atom is 0.166 e. The summed E-state index contributed by atoms with van der Waals surface area (Å²) in [7, 11) is 0. The van der Waals surface area contributed by atoms with Crippen LogP contribution in [0.2, 0.25) is 0 Å². The number of halogens is 2. The van der Waals surface area contributed by atoms with Gasteiger partial charge in [0.1, 0.15) is 12.4 Å². The topological polar surface area (TPSA) is 9.23 Å². The lowest BCUT2D eigenvalue weighted by molar-refractivity contribution is 0.306. The Morgan fingerprint density at radius 1 is 0.879 bits per heavy atom. The highest BCUT2D eigenvalue weighted by atomic mass is 19.2. The van der Waals surface area contributed by atoms with E-state index in [1.54, 1.807) is 36.4 Å². The first-order valence-electron chi connectivity index (χ1n) is 12.0. The maximum atomic E-state index is 14.5. The second kappa shape index (κ2) is 10.8. The lowest BCUT2D eigenvalue weighted by Crippen LogP contribution is -2.11. The molecule has 0 aliphatic heterocycles. The molecule has 1 nitrogen and oxygen atoms in total. The van der Waals surface area contributed by atoms with Crippen molar-refractivity contribution < 1.29 is 13.5 Å². The highest BCUT2D eigenvalue weighted by Crippen LogP contribution is 2.36. The predicted octanol–water partition coefficient (Wildman–Crippen LogP) is 8.62. The first kappa shape index (κ1) is 23.2. The van der Waals surface area contributed by atoms with Crippen LogP contribution >= 0.6 is 0 Å². The summed E-state index contributed by atoms with van der Waals surface area (Å²) in [4.78, 5) is 0. The third kappa shape index (κ3) is 5.52. The standard InChI is InChI=1S/C30H32F2O/c1-3-5-26-16-19-28(30(32)29(26)31)25-14-17-27(18-15-25)33-20-22-8-12-24(13-9-22)23-10-6-21(4-2)7-11-23/h4,8-9,12-19,21,23H,2-3,5-7,10-11,20H2,1H3. The van der Waals surface area contributed by atoms with E-state index in [2.05, 4.69) is 36.9 Å². The van der Waals surface area contributed by atoms with Crippen molar-refractivity contribution in [1.29, 1.82) is 0 Å². The summed E-state index contributed by atoms with van der Waals surface area (Å²) in [5.41, 5.74) is 3.86. The van der Waals surface area contributed by atoms with Gasteiger partial charge < -0.3 is 4.74 Å². The third-order valence-electron chi connectivity index (χ3n) is 6.81. The van der Waals surface area contributed by atoms with Crippen LogP contribution < -0.4 is 4.74 Å². The zero-order valence-electron chi connectivity index (χ0n) is 19.3. The van der Waals surface area contributed by atoms with Gasteiger partial charge in [-0.15, -0.1) is 6.58 Å². The highest BCUT2D eigenvalue weighted by Gasteiger charge is 2.20. The Kier molecular flexibility index (Phi) is 7.59. The number of ether oxygens (including phenoxy) is 1. The molecule has 3 aromatic carbocycles. The van der Waals surface area contributed by atoms with E-state index < -0.39 is 11.6 Å². The smallest absolute Gasteiger partial charge is 0.166 e. The Morgan fingerprint density at radius 2 is 1.58 bits per heavy atom. The van der Waals surface area contributed by atoms with Crippen molar-refractivity contribution in [1.82, 2.24) is 0 Å². The fraction of sp³-hybridized carbons (Fsp3) is 0.333. The summed E-state index contributed by atoms with van der Waals surface area (Å²) < 4.78 is 34.8. The number of aryl methyl sites for hydroxylation is 1. The molecule has 0 unspecified atom stereocenters. The minimum Gasteiger partial charge on any atom is -0.489 e. The molecule has 172 valence electrons. The van der Waals surface area contributed by atoms with Gasteiger partial charge in [0, 0.05) is 5.56 Å². The van der Waals surface area contributed by atoms with Crippen LogP contribution in [-0.4, -0.2) is 0 Å². The molecular weight excluding hydrogens is 414 g/mol. The van der Waals surface area contributed by atoms with Crippen LogP contribution in [0.15, 0.2) is 73.3 Å². The molecule has 0 amide bonds. The van der Waals surface area contributed by atoms with Crippen molar-refractivity contribution >= 4 is 0 Å². The van der Waals surface area contributed by atoms with Gasteiger partial charge in [-0.2, -0.15) is 0 Å². The molecule has 33 heavy (non-hydrogen) atoms. The van der Waals surface area contributed by atoms with Crippen LogP contribution in [0, 0.1) is 17.6 Å². The summed E-state index contributed by atoms with van der Waals surface area (Å²) in [6.45, 7) is 6.35. The summed E-state index contributed by atoms with van der Waals surface area (Å²) in [5, 5.41) is 0. The molecule has 0 radical (unpaired) electrons. The van der Waals surface area contributed by atoms with Gasteiger partial charge in [0.2, 0.25) is 0 Å². The minimum atomic E-state index is -0.785. The fourth-order valence-corrected chi connectivity index (χ4v) is 4.75. The average Bonchev–Trinajstić information content (AvgIpc) is 2.87. The Bertz CT molecular complexity index is 1060. The van der Waals surface area contributed by atoms with E-state index in [1.807, 2.05) is 6.92 Å². The van der Waals surface area contributed by atoms with Crippen molar-refractivity contribution in [3.63, 3.8) is 0 Å². The third-order valence-corrected chi connectivity index (χ3v) is 6.81. The Hall–Kier alpha value is -2.94. The van der Waals surface area contributed by atoms with Gasteiger partial charge in [0.15, 0.2) is 11.6 Å². The zero-order chi connectivity index (χ0) is 23.2. The highest BCUT2D eigenvalue weighted by molar-refractivity contribution is 5.65. The molecule has 0 bridgehead atoms. The molecule has 0 spiro atoms. The molecule has 3 heteroatoms. The number of rotatable bonds is 8. The van der Waals surface area contributed by atoms with E-state index in [4.69, 9.17) is 4.74 Å². The molecule has 0 saturated heterocycles. The molecule has 3 aromatic rings. The average molecular weight is 447 g/mol. The lowest BCUT2D eigenvalue weighted by Gasteiger charge is -2.27. The van der Waals surface area contributed by atoms with Gasteiger partial charge in [-0.25, -0.2) is 8.78 Å². The molecule has 0 atom stereocenters. The number of hydrogen-bond donors (Lipinski definition) is 0. The van der Waals surface area contributed by atoms with Crippen molar-refractivity contribution in [2.45, 2.75) is 58.0 Å². The number of allylic oxidation sites excluding steroid dienone is 1. The summed E-state index contributed by atoms with van der Waals surface area (Å²) in [5.74, 6) is 0.495. The van der Waals surface area contributed by atoms with E-state index >= 15 is 0 Å². The monoisotopic (exact) mass is 446 g/mol. The van der Waals surface area contributed by atoms with Crippen molar-refractivity contribution in [2.75, 3.05) is 0 Å². The number of hydrogen-bond acceptors (Lipinski definition) is 1. The van der Waals surface area contributed by atoms with E-state index in [9.17, 15) is 8.78 Å². The van der Waals surface area contributed by atoms with Crippen LogP contribution in [0.3, 0.4) is 0 Å². The van der Waals surface area contributed by atoms with Crippen molar-refractivity contribution in [3.8, 4) is 16.9 Å². The second-order valence-corrected chi connectivity index (χ2v) is 9.05. The fourth-order valence-electron chi connectivity index (χ4n) is 4.75. The molecule has 1 aliphatic rings. The van der Waals surface area contributed by atoms with Crippen LogP contribution in [0.25, 0.3) is 11.1 Å². The van der Waals surface area contributed by atoms with Gasteiger partial charge in [-0.1, -0.05) is 68.0 Å². The van der Waals surface area contributed by atoms with Gasteiger partial charge >= 0.3 is 0 Å². The second-order valence-electron chi connectivity index (χ2n) is 9.05. The van der Waals surface area contributed by atoms with Crippen LogP contribution in [0.4, 0.5) is 8.78 Å². The molecule has 1 saturated carbocycles. The van der Waals surface area contributed by atoms with E-state index in [1.165, 1.54) is 31.2 Å². The molecule has 4 rings (SSSR count). The molecule has 0 N–H and O–H groups in total. The van der Waals surface area contributed by atoms with Crippen LogP contribution in [-0.2, 0) is 13.0 Å². The first-order valence-corrected chi connectivity index (χ1v) is 12.0. The summed E-state index contributed by atoms with van der Waals surface area (Å²) >= 11 is 0. The quantitative estimate of drug-likeness (QED) is 0.315. The molecular formula is C30H32F2O.